The van der Waals surface area contributed by atoms with Gasteiger partial charge >= 0.3 is 0 Å². The largest absolute Gasteiger partial charge is 0.497 e. The molecule has 7 nitrogen and oxygen atoms in total. The zero-order chi connectivity index (χ0) is 20.7. The third kappa shape index (κ3) is 3.38. The molecule has 2 aliphatic rings. The lowest BCUT2D eigenvalue weighted by atomic mass is 10.1. The Bertz CT molecular complexity index is 1140. The van der Waals surface area contributed by atoms with E-state index in [1.165, 1.54) is 12.8 Å². The Balaban J connectivity index is 1.42. The van der Waals surface area contributed by atoms with Crippen molar-refractivity contribution in [2.75, 3.05) is 13.7 Å². The number of ether oxygens (including phenoxy) is 1. The van der Waals surface area contributed by atoms with Crippen LogP contribution in [0.2, 0.25) is 0 Å². The number of rotatable bonds is 5. The second kappa shape index (κ2) is 7.63. The molecule has 5 rings (SSSR count). The highest BCUT2D eigenvalue weighted by molar-refractivity contribution is 5.83. The number of nitrogens with zero attached hydrogens (tertiary/aromatic N) is 3. The summed E-state index contributed by atoms with van der Waals surface area (Å²) in [6.45, 7) is 1.48. The summed E-state index contributed by atoms with van der Waals surface area (Å²) in [5.74, 6) is 1.88. The fourth-order valence-corrected chi connectivity index (χ4v) is 4.96. The number of methoxy groups -OCH3 is 1. The van der Waals surface area contributed by atoms with E-state index in [0.29, 0.717) is 30.4 Å². The number of aromatic nitrogens is 3. The molecule has 3 heterocycles. The van der Waals surface area contributed by atoms with Crippen molar-refractivity contribution in [1.29, 1.82) is 0 Å². The van der Waals surface area contributed by atoms with E-state index in [4.69, 9.17) is 4.74 Å². The molecule has 1 saturated carbocycles. The molecule has 1 N–H and O–H groups in total. The summed E-state index contributed by atoms with van der Waals surface area (Å²) in [5.41, 5.74) is 1.11. The average molecular weight is 406 g/mol. The SMILES string of the molecule is COc1ccc2[nH]c(=O)c(-c3nccn3CC3CC(=O)N(C4CCCC4)C3)cc2c1. The van der Waals surface area contributed by atoms with Crippen molar-refractivity contribution >= 4 is 16.8 Å². The minimum Gasteiger partial charge on any atom is -0.497 e. The van der Waals surface area contributed by atoms with E-state index in [1.54, 1.807) is 13.3 Å². The van der Waals surface area contributed by atoms with Crippen LogP contribution in [0.15, 0.2) is 41.5 Å². The van der Waals surface area contributed by atoms with Crippen LogP contribution < -0.4 is 10.3 Å². The zero-order valence-electron chi connectivity index (χ0n) is 17.1. The molecule has 3 aromatic rings. The number of carbonyl (C=O) groups excluding carboxylic acids is 1. The first-order valence-electron chi connectivity index (χ1n) is 10.6. The molecule has 1 unspecified atom stereocenters. The number of H-pyrrole nitrogens is 1. The number of amides is 1. The number of likely N-dealkylation sites (tertiary alicyclic amines) is 1. The molecule has 2 aromatic heterocycles. The summed E-state index contributed by atoms with van der Waals surface area (Å²) >= 11 is 0. The van der Waals surface area contributed by atoms with Gasteiger partial charge in [-0.2, -0.15) is 0 Å². The monoisotopic (exact) mass is 406 g/mol. The molecule has 1 aliphatic carbocycles. The van der Waals surface area contributed by atoms with Crippen molar-refractivity contribution in [3.63, 3.8) is 0 Å². The first kappa shape index (κ1) is 18.9. The molecule has 7 heteroatoms. The van der Waals surface area contributed by atoms with Gasteiger partial charge in [0.2, 0.25) is 5.91 Å². The first-order chi connectivity index (χ1) is 14.6. The van der Waals surface area contributed by atoms with Crippen molar-refractivity contribution in [2.45, 2.75) is 44.7 Å². The molecule has 1 saturated heterocycles. The Morgan fingerprint density at radius 2 is 2.03 bits per heavy atom. The average Bonchev–Trinajstić information content (AvgIpc) is 3.49. The van der Waals surface area contributed by atoms with Crippen molar-refractivity contribution in [1.82, 2.24) is 19.4 Å². The number of benzene rings is 1. The van der Waals surface area contributed by atoms with Crippen LogP contribution in [0.5, 0.6) is 5.75 Å². The van der Waals surface area contributed by atoms with E-state index < -0.39 is 0 Å². The maximum Gasteiger partial charge on any atom is 0.259 e. The normalized spacial score (nSPS) is 19.8. The summed E-state index contributed by atoms with van der Waals surface area (Å²) in [4.78, 5) is 34.8. The number of aromatic amines is 1. The van der Waals surface area contributed by atoms with Gasteiger partial charge in [0, 0.05) is 54.8 Å². The Kier molecular flexibility index (Phi) is 4.81. The molecular weight excluding hydrogens is 380 g/mol. The Labute approximate surface area is 174 Å². The number of fused-ring (bicyclic) bond motifs is 1. The van der Waals surface area contributed by atoms with Gasteiger partial charge in [-0.15, -0.1) is 0 Å². The number of hydrogen-bond acceptors (Lipinski definition) is 4. The van der Waals surface area contributed by atoms with Gasteiger partial charge in [0.25, 0.3) is 5.56 Å². The number of carbonyl (C=O) groups is 1. The van der Waals surface area contributed by atoms with E-state index in [1.807, 2.05) is 35.0 Å². The van der Waals surface area contributed by atoms with E-state index in [-0.39, 0.29) is 17.4 Å². The standard InChI is InChI=1S/C23H26N4O3/c1-30-18-6-7-20-16(11-18)12-19(23(29)25-20)22-24-8-9-26(22)13-15-10-21(28)27(14-15)17-4-2-3-5-17/h6-9,11-12,15,17H,2-5,10,13-14H2,1H3,(H,25,29). The van der Waals surface area contributed by atoms with E-state index in [0.717, 1.165) is 36.0 Å². The van der Waals surface area contributed by atoms with E-state index in [9.17, 15) is 9.59 Å². The summed E-state index contributed by atoms with van der Waals surface area (Å²) < 4.78 is 7.31. The van der Waals surface area contributed by atoms with Crippen molar-refractivity contribution in [3.05, 3.63) is 47.0 Å². The summed E-state index contributed by atoms with van der Waals surface area (Å²) in [6.07, 6.45) is 8.89. The fourth-order valence-electron chi connectivity index (χ4n) is 4.96. The van der Waals surface area contributed by atoms with Crippen LogP contribution in [0.1, 0.15) is 32.1 Å². The molecule has 0 radical (unpaired) electrons. The van der Waals surface area contributed by atoms with Crippen LogP contribution in [0.3, 0.4) is 0 Å². The Morgan fingerprint density at radius 1 is 1.20 bits per heavy atom. The second-order valence-corrected chi connectivity index (χ2v) is 8.42. The van der Waals surface area contributed by atoms with Crippen molar-refractivity contribution in [2.24, 2.45) is 5.92 Å². The van der Waals surface area contributed by atoms with Gasteiger partial charge in [-0.25, -0.2) is 4.98 Å². The molecule has 30 heavy (non-hydrogen) atoms. The maximum absolute atomic E-state index is 12.8. The number of pyridine rings is 1. The van der Waals surface area contributed by atoms with Crippen LogP contribution in [0.4, 0.5) is 0 Å². The highest BCUT2D eigenvalue weighted by Gasteiger charge is 2.35. The third-order valence-corrected chi connectivity index (χ3v) is 6.47. The van der Waals surface area contributed by atoms with Crippen LogP contribution in [0, 0.1) is 5.92 Å². The Morgan fingerprint density at radius 3 is 2.83 bits per heavy atom. The number of nitrogens with one attached hydrogen (secondary N) is 1. The highest BCUT2D eigenvalue weighted by atomic mass is 16.5. The predicted octanol–water partition coefficient (Wildman–Crippen LogP) is 3.19. The molecule has 0 bridgehead atoms. The lowest BCUT2D eigenvalue weighted by molar-refractivity contribution is -0.129. The van der Waals surface area contributed by atoms with Gasteiger partial charge in [0.15, 0.2) is 0 Å². The van der Waals surface area contributed by atoms with Gasteiger partial charge in [-0.1, -0.05) is 12.8 Å². The van der Waals surface area contributed by atoms with Gasteiger partial charge in [-0.3, -0.25) is 9.59 Å². The molecule has 2 fully saturated rings. The minimum absolute atomic E-state index is 0.171. The van der Waals surface area contributed by atoms with Crippen molar-refractivity contribution in [3.8, 4) is 17.1 Å². The van der Waals surface area contributed by atoms with Crippen LogP contribution in [-0.4, -0.2) is 45.0 Å². The molecule has 1 aromatic carbocycles. The third-order valence-electron chi connectivity index (χ3n) is 6.47. The van der Waals surface area contributed by atoms with Crippen LogP contribution in [0.25, 0.3) is 22.3 Å². The van der Waals surface area contributed by atoms with Crippen LogP contribution in [-0.2, 0) is 11.3 Å². The lowest BCUT2D eigenvalue weighted by Gasteiger charge is -2.24. The second-order valence-electron chi connectivity index (χ2n) is 8.42. The zero-order valence-corrected chi connectivity index (χ0v) is 17.1. The molecule has 1 aliphatic heterocycles. The smallest absolute Gasteiger partial charge is 0.259 e. The topological polar surface area (TPSA) is 80.2 Å². The van der Waals surface area contributed by atoms with Gasteiger partial charge in [-0.05, 0) is 37.1 Å². The quantitative estimate of drug-likeness (QED) is 0.706. The summed E-state index contributed by atoms with van der Waals surface area (Å²) in [5, 5.41) is 0.891. The summed E-state index contributed by atoms with van der Waals surface area (Å²) in [7, 11) is 1.62. The first-order valence-corrected chi connectivity index (χ1v) is 10.6. The fraction of sp³-hybridized carbons (Fsp3) is 0.435. The molecule has 156 valence electrons. The van der Waals surface area contributed by atoms with Gasteiger partial charge in [0.1, 0.15) is 11.6 Å². The van der Waals surface area contributed by atoms with Gasteiger partial charge in [0.05, 0.1) is 12.7 Å². The molecule has 1 atom stereocenters. The Hall–Kier alpha value is -3.09. The highest BCUT2D eigenvalue weighted by Crippen LogP contribution is 2.31. The van der Waals surface area contributed by atoms with Crippen molar-refractivity contribution < 1.29 is 9.53 Å². The number of imidazole rings is 1. The molecule has 1 amide bonds. The molecule has 0 spiro atoms. The number of hydrogen-bond donors (Lipinski definition) is 1. The van der Waals surface area contributed by atoms with Crippen LogP contribution >= 0.6 is 0 Å². The van der Waals surface area contributed by atoms with E-state index >= 15 is 0 Å². The minimum atomic E-state index is -0.171. The molecular formula is C23H26N4O3. The van der Waals surface area contributed by atoms with E-state index in [2.05, 4.69) is 14.9 Å². The van der Waals surface area contributed by atoms with Gasteiger partial charge < -0.3 is 19.2 Å². The predicted molar refractivity (Wildman–Crippen MR) is 114 cm³/mol. The summed E-state index contributed by atoms with van der Waals surface area (Å²) in [6, 6.07) is 7.85. The maximum atomic E-state index is 12.8. The lowest BCUT2D eigenvalue weighted by Crippen LogP contribution is -2.34.